The molecule has 0 aromatic carbocycles. The Morgan fingerprint density at radius 2 is 2.00 bits per heavy atom. The number of aliphatic carboxylic acids is 1. The van der Waals surface area contributed by atoms with Crippen LogP contribution in [0.15, 0.2) is 0 Å². The van der Waals surface area contributed by atoms with Crippen LogP contribution in [-0.4, -0.2) is 29.1 Å². The number of carbonyl (C=O) groups is 2. The predicted octanol–water partition coefficient (Wildman–Crippen LogP) is 1.51. The third-order valence-electron chi connectivity index (χ3n) is 3.16. The van der Waals surface area contributed by atoms with Gasteiger partial charge in [0.2, 0.25) is 5.91 Å². The summed E-state index contributed by atoms with van der Waals surface area (Å²) in [6.07, 6.45) is 3.14. The Bertz CT molecular complexity index is 281. The molecule has 0 spiro atoms. The van der Waals surface area contributed by atoms with Gasteiger partial charge in [-0.05, 0) is 38.6 Å². The standard InChI is InChI=1S/C13H26N2O3/c1-4-8-13(3,12(17)18)15-11(16)6-5-10(2)7-9-14/h10H,4-9,14H2,1-3H3,(H,15,16)(H,17,18). The molecule has 1 amide bonds. The van der Waals surface area contributed by atoms with Crippen LogP contribution >= 0.6 is 0 Å². The van der Waals surface area contributed by atoms with E-state index in [-0.39, 0.29) is 5.91 Å². The average Bonchev–Trinajstić information content (AvgIpc) is 2.27. The number of amides is 1. The maximum Gasteiger partial charge on any atom is 0.329 e. The SMILES string of the molecule is CCCC(C)(NC(=O)CCC(C)CCN)C(=O)O. The molecule has 0 fully saturated rings. The minimum Gasteiger partial charge on any atom is -0.480 e. The third kappa shape index (κ3) is 6.00. The molecule has 0 saturated heterocycles. The number of nitrogens with one attached hydrogen (secondary N) is 1. The Morgan fingerprint density at radius 3 is 2.44 bits per heavy atom. The molecule has 0 saturated carbocycles. The van der Waals surface area contributed by atoms with Crippen LogP contribution in [0, 0.1) is 5.92 Å². The van der Waals surface area contributed by atoms with Gasteiger partial charge in [0.25, 0.3) is 0 Å². The average molecular weight is 258 g/mol. The van der Waals surface area contributed by atoms with Crippen LogP contribution in [0.25, 0.3) is 0 Å². The van der Waals surface area contributed by atoms with Gasteiger partial charge in [0.15, 0.2) is 0 Å². The summed E-state index contributed by atoms with van der Waals surface area (Å²) in [7, 11) is 0. The topological polar surface area (TPSA) is 92.4 Å². The zero-order valence-electron chi connectivity index (χ0n) is 11.7. The minimum atomic E-state index is -1.15. The van der Waals surface area contributed by atoms with Crippen molar-refractivity contribution < 1.29 is 14.7 Å². The van der Waals surface area contributed by atoms with Crippen molar-refractivity contribution in [2.24, 2.45) is 11.7 Å². The van der Waals surface area contributed by atoms with Gasteiger partial charge in [0, 0.05) is 6.42 Å². The highest BCUT2D eigenvalue weighted by atomic mass is 16.4. The second kappa shape index (κ2) is 8.08. The molecule has 0 aromatic heterocycles. The largest absolute Gasteiger partial charge is 0.480 e. The number of hydrogen-bond acceptors (Lipinski definition) is 3. The maximum atomic E-state index is 11.7. The zero-order chi connectivity index (χ0) is 14.2. The van der Waals surface area contributed by atoms with E-state index >= 15 is 0 Å². The van der Waals surface area contributed by atoms with Crippen molar-refractivity contribution >= 4 is 11.9 Å². The molecule has 4 N–H and O–H groups in total. The Hall–Kier alpha value is -1.10. The molecule has 0 bridgehead atoms. The molecule has 2 atom stereocenters. The Kier molecular flexibility index (Phi) is 7.59. The second-order valence-electron chi connectivity index (χ2n) is 5.16. The summed E-state index contributed by atoms with van der Waals surface area (Å²) in [5, 5.41) is 11.8. The molecule has 5 nitrogen and oxygen atoms in total. The van der Waals surface area contributed by atoms with Crippen molar-refractivity contribution in [1.82, 2.24) is 5.32 Å². The lowest BCUT2D eigenvalue weighted by molar-refractivity contribution is -0.147. The van der Waals surface area contributed by atoms with Gasteiger partial charge in [-0.2, -0.15) is 0 Å². The zero-order valence-corrected chi connectivity index (χ0v) is 11.7. The van der Waals surface area contributed by atoms with Crippen LogP contribution in [0.5, 0.6) is 0 Å². The molecule has 18 heavy (non-hydrogen) atoms. The lowest BCUT2D eigenvalue weighted by Crippen LogP contribution is -2.52. The molecule has 0 heterocycles. The second-order valence-corrected chi connectivity index (χ2v) is 5.16. The summed E-state index contributed by atoms with van der Waals surface area (Å²) in [4.78, 5) is 22.9. The fourth-order valence-electron chi connectivity index (χ4n) is 1.90. The molecule has 0 rings (SSSR count). The van der Waals surface area contributed by atoms with E-state index in [0.717, 1.165) is 12.8 Å². The van der Waals surface area contributed by atoms with E-state index in [2.05, 4.69) is 5.32 Å². The summed E-state index contributed by atoms with van der Waals surface area (Å²) in [5.74, 6) is -0.784. The first-order valence-electron chi connectivity index (χ1n) is 6.60. The van der Waals surface area contributed by atoms with E-state index in [0.29, 0.717) is 31.7 Å². The Morgan fingerprint density at radius 1 is 1.39 bits per heavy atom. The summed E-state index contributed by atoms with van der Waals surface area (Å²) < 4.78 is 0. The molecule has 5 heteroatoms. The highest BCUT2D eigenvalue weighted by Crippen LogP contribution is 2.14. The van der Waals surface area contributed by atoms with Crippen molar-refractivity contribution in [1.29, 1.82) is 0 Å². The summed E-state index contributed by atoms with van der Waals surface area (Å²) >= 11 is 0. The molecule has 0 aromatic rings. The van der Waals surface area contributed by atoms with Crippen LogP contribution in [-0.2, 0) is 9.59 Å². The fourth-order valence-corrected chi connectivity index (χ4v) is 1.90. The first-order chi connectivity index (χ1) is 8.35. The predicted molar refractivity (Wildman–Crippen MR) is 71.2 cm³/mol. The Balaban J connectivity index is 4.23. The van der Waals surface area contributed by atoms with Gasteiger partial charge in [0.05, 0.1) is 0 Å². The highest BCUT2D eigenvalue weighted by molar-refractivity contribution is 5.86. The lowest BCUT2D eigenvalue weighted by Gasteiger charge is -2.26. The minimum absolute atomic E-state index is 0.197. The molecule has 106 valence electrons. The fraction of sp³-hybridized carbons (Fsp3) is 0.846. The molecule has 2 unspecified atom stereocenters. The Labute approximate surface area is 109 Å². The van der Waals surface area contributed by atoms with Gasteiger partial charge in [0.1, 0.15) is 5.54 Å². The van der Waals surface area contributed by atoms with E-state index in [4.69, 9.17) is 10.8 Å². The van der Waals surface area contributed by atoms with Crippen LogP contribution < -0.4 is 11.1 Å². The third-order valence-corrected chi connectivity index (χ3v) is 3.16. The number of hydrogen-bond donors (Lipinski definition) is 3. The molecule has 0 aliphatic heterocycles. The van der Waals surface area contributed by atoms with Gasteiger partial charge in [-0.3, -0.25) is 4.79 Å². The van der Waals surface area contributed by atoms with Crippen LogP contribution in [0.3, 0.4) is 0 Å². The smallest absolute Gasteiger partial charge is 0.329 e. The number of carboxylic acid groups (broad SMARTS) is 1. The summed E-state index contributed by atoms with van der Waals surface area (Å²) in [5.41, 5.74) is 4.29. The summed E-state index contributed by atoms with van der Waals surface area (Å²) in [6.45, 7) is 6.12. The van der Waals surface area contributed by atoms with Gasteiger partial charge in [-0.1, -0.05) is 20.3 Å². The van der Waals surface area contributed by atoms with E-state index in [1.54, 1.807) is 6.92 Å². The maximum absolute atomic E-state index is 11.7. The van der Waals surface area contributed by atoms with E-state index in [9.17, 15) is 9.59 Å². The molecule has 0 aliphatic rings. The van der Waals surface area contributed by atoms with Gasteiger partial charge in [-0.15, -0.1) is 0 Å². The van der Waals surface area contributed by atoms with Crippen LogP contribution in [0.1, 0.15) is 52.9 Å². The highest BCUT2D eigenvalue weighted by Gasteiger charge is 2.33. The first kappa shape index (κ1) is 16.9. The van der Waals surface area contributed by atoms with E-state index in [1.807, 2.05) is 13.8 Å². The summed E-state index contributed by atoms with van der Waals surface area (Å²) in [6, 6.07) is 0. The number of carboxylic acids is 1. The number of carbonyl (C=O) groups excluding carboxylic acids is 1. The molecular weight excluding hydrogens is 232 g/mol. The van der Waals surface area contributed by atoms with Crippen LogP contribution in [0.4, 0.5) is 0 Å². The van der Waals surface area contributed by atoms with Gasteiger partial charge < -0.3 is 16.2 Å². The van der Waals surface area contributed by atoms with Crippen molar-refractivity contribution in [3.63, 3.8) is 0 Å². The van der Waals surface area contributed by atoms with Crippen molar-refractivity contribution in [2.75, 3.05) is 6.54 Å². The van der Waals surface area contributed by atoms with Crippen LogP contribution in [0.2, 0.25) is 0 Å². The monoisotopic (exact) mass is 258 g/mol. The van der Waals surface area contributed by atoms with E-state index in [1.165, 1.54) is 0 Å². The molecule has 0 aliphatic carbocycles. The first-order valence-corrected chi connectivity index (χ1v) is 6.60. The van der Waals surface area contributed by atoms with Gasteiger partial charge in [-0.25, -0.2) is 4.79 Å². The number of rotatable bonds is 9. The lowest BCUT2D eigenvalue weighted by atomic mass is 9.95. The molecular formula is C13H26N2O3. The quantitative estimate of drug-likeness (QED) is 0.584. The van der Waals surface area contributed by atoms with Crippen molar-refractivity contribution in [3.8, 4) is 0 Å². The normalized spacial score (nSPS) is 15.8. The van der Waals surface area contributed by atoms with E-state index < -0.39 is 11.5 Å². The van der Waals surface area contributed by atoms with Crippen molar-refractivity contribution in [3.05, 3.63) is 0 Å². The van der Waals surface area contributed by atoms with Crippen molar-refractivity contribution in [2.45, 2.75) is 58.4 Å². The van der Waals surface area contributed by atoms with Gasteiger partial charge >= 0.3 is 5.97 Å². The molecule has 0 radical (unpaired) electrons. The number of nitrogens with two attached hydrogens (primary N) is 1.